The van der Waals surface area contributed by atoms with E-state index in [1.54, 1.807) is 14.0 Å². The van der Waals surface area contributed by atoms with Crippen molar-refractivity contribution in [1.29, 1.82) is 0 Å². The molecule has 1 saturated heterocycles. The second-order valence-corrected chi connectivity index (χ2v) is 7.93. The summed E-state index contributed by atoms with van der Waals surface area (Å²) >= 11 is 6.15. The van der Waals surface area contributed by atoms with E-state index >= 15 is 0 Å². The summed E-state index contributed by atoms with van der Waals surface area (Å²) in [5.74, 6) is 1.01. The minimum Gasteiger partial charge on any atom is -0.356 e. The zero-order valence-electron chi connectivity index (χ0n) is 16.3. The van der Waals surface area contributed by atoms with Crippen molar-refractivity contribution in [3.05, 3.63) is 34.9 Å². The van der Waals surface area contributed by atoms with E-state index < -0.39 is 0 Å². The van der Waals surface area contributed by atoms with Crippen molar-refractivity contribution in [2.24, 2.45) is 4.99 Å². The van der Waals surface area contributed by atoms with Gasteiger partial charge in [-0.1, -0.05) is 23.7 Å². The molecule has 1 saturated carbocycles. The van der Waals surface area contributed by atoms with E-state index in [-0.39, 0.29) is 11.3 Å². The summed E-state index contributed by atoms with van der Waals surface area (Å²) in [5.41, 5.74) is 1.49. The van der Waals surface area contributed by atoms with Crippen LogP contribution in [0.15, 0.2) is 29.3 Å². The van der Waals surface area contributed by atoms with Gasteiger partial charge < -0.3 is 15.5 Å². The number of hydrogen-bond acceptors (Lipinski definition) is 3. The minimum atomic E-state index is 0.172. The molecule has 2 N–H and O–H groups in total. The molecule has 1 aromatic carbocycles. The smallest absolute Gasteiger partial charge is 0.219 e. The average Bonchev–Trinajstić information content (AvgIpc) is 3.46. The third-order valence-electron chi connectivity index (χ3n) is 5.65. The molecule has 0 aromatic heterocycles. The Kier molecular flexibility index (Phi) is 6.60. The van der Waals surface area contributed by atoms with E-state index in [9.17, 15) is 4.79 Å². The van der Waals surface area contributed by atoms with E-state index in [4.69, 9.17) is 11.6 Å². The maximum absolute atomic E-state index is 11.4. The number of rotatable bonds is 6. The number of halogens is 1. The third kappa shape index (κ3) is 5.36. The Morgan fingerprint density at radius 3 is 2.56 bits per heavy atom. The summed E-state index contributed by atoms with van der Waals surface area (Å²) in [4.78, 5) is 20.0. The maximum atomic E-state index is 11.4. The molecule has 1 aliphatic heterocycles. The number of benzene rings is 1. The molecule has 0 radical (unpaired) electrons. The van der Waals surface area contributed by atoms with Gasteiger partial charge in [-0.25, -0.2) is 0 Å². The summed E-state index contributed by atoms with van der Waals surface area (Å²) < 4.78 is 0. The highest BCUT2D eigenvalue weighted by molar-refractivity contribution is 6.30. The molecule has 0 unspecified atom stereocenters. The molecule has 1 aromatic rings. The van der Waals surface area contributed by atoms with Gasteiger partial charge in [-0.2, -0.15) is 0 Å². The summed E-state index contributed by atoms with van der Waals surface area (Å²) in [7, 11) is 1.81. The van der Waals surface area contributed by atoms with Gasteiger partial charge in [0.1, 0.15) is 0 Å². The van der Waals surface area contributed by atoms with Crippen molar-refractivity contribution in [2.75, 3.05) is 52.9 Å². The van der Waals surface area contributed by atoms with E-state index in [2.05, 4.69) is 32.7 Å². The topological polar surface area (TPSA) is 60.0 Å². The van der Waals surface area contributed by atoms with Crippen LogP contribution in [0.2, 0.25) is 5.02 Å². The summed E-state index contributed by atoms with van der Waals surface area (Å²) in [5, 5.41) is 7.68. The number of nitrogens with one attached hydrogen (secondary N) is 2. The van der Waals surface area contributed by atoms with Crippen LogP contribution >= 0.6 is 11.6 Å². The molecule has 3 rings (SSSR count). The first-order valence-corrected chi connectivity index (χ1v) is 10.1. The standard InChI is InChI=1S/C20H30ClN5O/c1-16(27)26-12-10-25(11-13-26)9-8-23-19(22-2)24-15-20(6-7-20)17-4-3-5-18(21)14-17/h3-5,14H,6-13,15H2,1-2H3,(H2,22,23,24). The third-order valence-corrected chi connectivity index (χ3v) is 5.88. The number of guanidine groups is 1. The molecule has 0 spiro atoms. The van der Waals surface area contributed by atoms with Gasteiger partial charge in [0, 0.05) is 70.2 Å². The van der Waals surface area contributed by atoms with E-state index in [1.165, 1.54) is 18.4 Å². The van der Waals surface area contributed by atoms with Crippen LogP contribution in [0.3, 0.4) is 0 Å². The fraction of sp³-hybridized carbons (Fsp3) is 0.600. The number of aliphatic imine (C=N–C) groups is 1. The Morgan fingerprint density at radius 2 is 1.96 bits per heavy atom. The lowest BCUT2D eigenvalue weighted by Crippen LogP contribution is -2.50. The van der Waals surface area contributed by atoms with E-state index in [0.717, 1.165) is 56.8 Å². The number of hydrogen-bond donors (Lipinski definition) is 2. The summed E-state index contributed by atoms with van der Waals surface area (Å²) in [6, 6.07) is 8.19. The zero-order valence-corrected chi connectivity index (χ0v) is 17.1. The SMILES string of the molecule is CN=C(NCCN1CCN(C(C)=O)CC1)NCC1(c2cccc(Cl)c2)CC1. The van der Waals surface area contributed by atoms with Gasteiger partial charge in [0.25, 0.3) is 0 Å². The highest BCUT2D eigenvalue weighted by Gasteiger charge is 2.44. The lowest BCUT2D eigenvalue weighted by molar-refractivity contribution is -0.130. The number of amides is 1. The Balaban J connectivity index is 1.40. The van der Waals surface area contributed by atoms with E-state index in [1.807, 2.05) is 17.0 Å². The van der Waals surface area contributed by atoms with Crippen molar-refractivity contribution >= 4 is 23.5 Å². The molecule has 2 aliphatic rings. The summed E-state index contributed by atoms with van der Waals surface area (Å²) in [6.07, 6.45) is 2.36. The first-order valence-electron chi connectivity index (χ1n) is 9.71. The highest BCUT2D eigenvalue weighted by Crippen LogP contribution is 2.48. The van der Waals surface area contributed by atoms with Gasteiger partial charge in [0.05, 0.1) is 0 Å². The molecule has 6 nitrogen and oxygen atoms in total. The van der Waals surface area contributed by atoms with Gasteiger partial charge in [0.15, 0.2) is 5.96 Å². The van der Waals surface area contributed by atoms with E-state index in [0.29, 0.717) is 0 Å². The molecule has 148 valence electrons. The van der Waals surface area contributed by atoms with Gasteiger partial charge in [-0.3, -0.25) is 14.7 Å². The van der Waals surface area contributed by atoms with Crippen LogP contribution in [0.5, 0.6) is 0 Å². The number of carbonyl (C=O) groups is 1. The van der Waals surface area contributed by atoms with Gasteiger partial charge in [-0.05, 0) is 30.5 Å². The molecule has 27 heavy (non-hydrogen) atoms. The molecule has 1 amide bonds. The van der Waals surface area contributed by atoms with Crippen molar-refractivity contribution in [2.45, 2.75) is 25.2 Å². The van der Waals surface area contributed by atoms with Crippen molar-refractivity contribution in [3.63, 3.8) is 0 Å². The first-order chi connectivity index (χ1) is 13.0. The van der Waals surface area contributed by atoms with Crippen LogP contribution in [-0.2, 0) is 10.2 Å². The molecular weight excluding hydrogens is 362 g/mol. The predicted molar refractivity (Wildman–Crippen MR) is 110 cm³/mol. The molecule has 7 heteroatoms. The Morgan fingerprint density at radius 1 is 1.22 bits per heavy atom. The monoisotopic (exact) mass is 391 g/mol. The Bertz CT molecular complexity index is 681. The molecule has 1 aliphatic carbocycles. The predicted octanol–water partition coefficient (Wildman–Crippen LogP) is 1.70. The maximum Gasteiger partial charge on any atom is 0.219 e. The minimum absolute atomic E-state index is 0.172. The van der Waals surface area contributed by atoms with Crippen molar-refractivity contribution in [1.82, 2.24) is 20.4 Å². The number of nitrogens with zero attached hydrogens (tertiary/aromatic N) is 3. The Hall–Kier alpha value is -1.79. The van der Waals surface area contributed by atoms with Crippen LogP contribution in [0.4, 0.5) is 0 Å². The molecule has 2 fully saturated rings. The lowest BCUT2D eigenvalue weighted by atomic mass is 9.96. The van der Waals surface area contributed by atoms with Crippen molar-refractivity contribution in [3.8, 4) is 0 Å². The van der Waals surface area contributed by atoms with Gasteiger partial charge in [-0.15, -0.1) is 0 Å². The molecule has 1 heterocycles. The normalized spacial score (nSPS) is 19.7. The van der Waals surface area contributed by atoms with Gasteiger partial charge in [0.2, 0.25) is 5.91 Å². The van der Waals surface area contributed by atoms with Crippen LogP contribution < -0.4 is 10.6 Å². The van der Waals surface area contributed by atoms with Crippen LogP contribution in [0.25, 0.3) is 0 Å². The molecule has 0 bridgehead atoms. The fourth-order valence-electron chi connectivity index (χ4n) is 3.63. The quantitative estimate of drug-likeness (QED) is 0.572. The van der Waals surface area contributed by atoms with Crippen LogP contribution in [0.1, 0.15) is 25.3 Å². The van der Waals surface area contributed by atoms with Gasteiger partial charge >= 0.3 is 0 Å². The van der Waals surface area contributed by atoms with Crippen LogP contribution in [0, 0.1) is 0 Å². The fourth-order valence-corrected chi connectivity index (χ4v) is 3.82. The highest BCUT2D eigenvalue weighted by atomic mass is 35.5. The van der Waals surface area contributed by atoms with Crippen LogP contribution in [-0.4, -0.2) is 74.5 Å². The largest absolute Gasteiger partial charge is 0.356 e. The lowest BCUT2D eigenvalue weighted by Gasteiger charge is -2.34. The Labute approximate surface area is 167 Å². The van der Waals surface area contributed by atoms with Crippen molar-refractivity contribution < 1.29 is 4.79 Å². The number of piperazine rings is 1. The number of carbonyl (C=O) groups excluding carboxylic acids is 1. The first kappa shape index (κ1) is 20.0. The second kappa shape index (κ2) is 8.93. The molecular formula is C20H30ClN5O. The second-order valence-electron chi connectivity index (χ2n) is 7.49. The molecule has 0 atom stereocenters. The zero-order chi connectivity index (χ0) is 19.3. The average molecular weight is 392 g/mol. The summed E-state index contributed by atoms with van der Waals surface area (Å²) in [6.45, 7) is 7.81.